The van der Waals surface area contributed by atoms with Crippen molar-refractivity contribution in [2.75, 3.05) is 13.7 Å². The van der Waals surface area contributed by atoms with Gasteiger partial charge in [0.2, 0.25) is 0 Å². The number of rotatable bonds is 4. The summed E-state index contributed by atoms with van der Waals surface area (Å²) >= 11 is 0. The van der Waals surface area contributed by atoms with Gasteiger partial charge in [0.15, 0.2) is 0 Å². The molecule has 1 N–H and O–H groups in total. The van der Waals surface area contributed by atoms with Crippen LogP contribution in [0.2, 0.25) is 0 Å². The number of amides is 1. The quantitative estimate of drug-likeness (QED) is 0.776. The van der Waals surface area contributed by atoms with Crippen LogP contribution in [-0.4, -0.2) is 41.3 Å². The summed E-state index contributed by atoms with van der Waals surface area (Å²) in [6.07, 6.45) is -0.615. The van der Waals surface area contributed by atoms with E-state index < -0.39 is 17.6 Å². The molecule has 0 atom stereocenters. The predicted octanol–water partition coefficient (Wildman–Crippen LogP) is 1.57. The Morgan fingerprint density at radius 2 is 1.87 bits per heavy atom. The van der Waals surface area contributed by atoms with Crippen molar-refractivity contribution in [2.24, 2.45) is 5.92 Å². The van der Waals surface area contributed by atoms with Crippen LogP contribution in [-0.2, 0) is 9.53 Å². The van der Waals surface area contributed by atoms with Crippen LogP contribution in [0.15, 0.2) is 0 Å². The van der Waals surface area contributed by atoms with E-state index in [4.69, 9.17) is 9.84 Å². The number of carbonyl (C=O) groups is 2. The number of hydrogen-bond acceptors (Lipinski definition) is 3. The molecule has 88 valence electrons. The highest BCUT2D eigenvalue weighted by atomic mass is 16.6. The fourth-order valence-corrected chi connectivity index (χ4v) is 0.706. The lowest BCUT2D eigenvalue weighted by molar-refractivity contribution is -0.147. The van der Waals surface area contributed by atoms with Crippen molar-refractivity contribution in [1.29, 1.82) is 0 Å². The van der Waals surface area contributed by atoms with Gasteiger partial charge in [-0.05, 0) is 19.8 Å². The van der Waals surface area contributed by atoms with Crippen molar-refractivity contribution in [2.45, 2.75) is 33.2 Å². The Labute approximate surface area is 90.0 Å². The predicted molar refractivity (Wildman–Crippen MR) is 55.7 cm³/mol. The summed E-state index contributed by atoms with van der Waals surface area (Å²) < 4.78 is 4.93. The topological polar surface area (TPSA) is 66.8 Å². The first kappa shape index (κ1) is 13.7. The Bertz CT molecular complexity index is 248. The lowest BCUT2D eigenvalue weighted by Crippen LogP contribution is -2.51. The van der Waals surface area contributed by atoms with Crippen LogP contribution >= 0.6 is 0 Å². The van der Waals surface area contributed by atoms with Crippen LogP contribution in [0.4, 0.5) is 4.79 Å². The van der Waals surface area contributed by atoms with E-state index in [1.54, 1.807) is 0 Å². The number of carbonyl (C=O) groups excluding carboxylic acids is 1. The van der Waals surface area contributed by atoms with E-state index in [0.29, 0.717) is 6.61 Å². The summed E-state index contributed by atoms with van der Waals surface area (Å²) in [5.41, 5.74) is -1.26. The molecule has 0 aliphatic heterocycles. The van der Waals surface area contributed by atoms with Crippen LogP contribution in [0, 0.1) is 5.92 Å². The zero-order valence-electron chi connectivity index (χ0n) is 9.90. The summed E-state index contributed by atoms with van der Waals surface area (Å²) in [6, 6.07) is 0. The van der Waals surface area contributed by atoms with E-state index >= 15 is 0 Å². The lowest BCUT2D eigenvalue weighted by atomic mass is 10.1. The van der Waals surface area contributed by atoms with Crippen molar-refractivity contribution in [1.82, 2.24) is 4.90 Å². The maximum absolute atomic E-state index is 11.4. The minimum Gasteiger partial charge on any atom is -0.480 e. The second-order valence-corrected chi connectivity index (χ2v) is 4.39. The molecule has 0 aromatic rings. The number of aliphatic carboxylic acids is 1. The van der Waals surface area contributed by atoms with Crippen LogP contribution < -0.4 is 0 Å². The van der Waals surface area contributed by atoms with Crippen molar-refractivity contribution < 1.29 is 19.4 Å². The van der Waals surface area contributed by atoms with Gasteiger partial charge in [-0.25, -0.2) is 9.59 Å². The summed E-state index contributed by atoms with van der Waals surface area (Å²) in [6.45, 7) is 7.02. The highest BCUT2D eigenvalue weighted by Crippen LogP contribution is 2.13. The molecule has 0 rings (SSSR count). The molecular formula is C10H19NO4. The molecule has 5 nitrogen and oxygen atoms in total. The number of carboxylic acid groups (broad SMARTS) is 1. The first-order valence-corrected chi connectivity index (χ1v) is 4.83. The number of nitrogens with zero attached hydrogens (tertiary/aromatic N) is 1. The summed E-state index contributed by atoms with van der Waals surface area (Å²) in [7, 11) is 1.41. The molecule has 0 heterocycles. The molecule has 0 saturated carbocycles. The Morgan fingerprint density at radius 3 is 2.20 bits per heavy atom. The average Bonchev–Trinajstić information content (AvgIpc) is 2.12. The second-order valence-electron chi connectivity index (χ2n) is 4.39. The van der Waals surface area contributed by atoms with Gasteiger partial charge in [-0.15, -0.1) is 0 Å². The fraction of sp³-hybridized carbons (Fsp3) is 0.800. The molecule has 15 heavy (non-hydrogen) atoms. The smallest absolute Gasteiger partial charge is 0.410 e. The lowest BCUT2D eigenvalue weighted by Gasteiger charge is -2.30. The SMILES string of the molecule is CC(C)COC(=O)N(C)C(C)(C)C(=O)O. The van der Waals surface area contributed by atoms with Gasteiger partial charge in [0.05, 0.1) is 6.61 Å². The fourth-order valence-electron chi connectivity index (χ4n) is 0.706. The molecule has 0 aliphatic rings. The van der Waals surface area contributed by atoms with Crippen LogP contribution in [0.5, 0.6) is 0 Å². The van der Waals surface area contributed by atoms with Crippen molar-refractivity contribution in [3.63, 3.8) is 0 Å². The first-order chi connectivity index (χ1) is 6.69. The highest BCUT2D eigenvalue weighted by Gasteiger charge is 2.36. The molecule has 0 fully saturated rings. The van der Waals surface area contributed by atoms with E-state index in [2.05, 4.69) is 0 Å². The standard InChI is InChI=1S/C10H19NO4/c1-7(2)6-15-9(14)11(5)10(3,4)8(12)13/h7H,6H2,1-5H3,(H,12,13). The number of hydrogen-bond donors (Lipinski definition) is 1. The normalized spacial score (nSPS) is 11.3. The van der Waals surface area contributed by atoms with Gasteiger partial charge >= 0.3 is 12.1 Å². The maximum atomic E-state index is 11.4. The molecule has 0 bridgehead atoms. The maximum Gasteiger partial charge on any atom is 0.410 e. The van der Waals surface area contributed by atoms with Gasteiger partial charge in [-0.1, -0.05) is 13.8 Å². The molecule has 5 heteroatoms. The third-order valence-electron chi connectivity index (χ3n) is 2.18. The zero-order chi connectivity index (χ0) is 12.2. The van der Waals surface area contributed by atoms with E-state index in [0.717, 1.165) is 4.90 Å². The minimum atomic E-state index is -1.26. The van der Waals surface area contributed by atoms with Crippen LogP contribution in [0.3, 0.4) is 0 Å². The number of likely N-dealkylation sites (N-methyl/N-ethyl adjacent to an activating group) is 1. The molecule has 0 aliphatic carbocycles. The molecule has 0 saturated heterocycles. The van der Waals surface area contributed by atoms with Crippen molar-refractivity contribution in [3.05, 3.63) is 0 Å². The number of carboxylic acids is 1. The molecule has 0 aromatic carbocycles. The second kappa shape index (κ2) is 5.00. The van der Waals surface area contributed by atoms with Gasteiger partial charge in [0.25, 0.3) is 0 Å². The monoisotopic (exact) mass is 217 g/mol. The third-order valence-corrected chi connectivity index (χ3v) is 2.18. The van der Waals surface area contributed by atoms with E-state index in [1.807, 2.05) is 13.8 Å². The molecule has 0 spiro atoms. The molecular weight excluding hydrogens is 198 g/mol. The highest BCUT2D eigenvalue weighted by molar-refractivity contribution is 5.83. The summed E-state index contributed by atoms with van der Waals surface area (Å²) in [5.74, 6) is -0.832. The Balaban J connectivity index is 4.38. The van der Waals surface area contributed by atoms with Gasteiger partial charge in [0, 0.05) is 7.05 Å². The van der Waals surface area contributed by atoms with Crippen LogP contribution in [0.25, 0.3) is 0 Å². The first-order valence-electron chi connectivity index (χ1n) is 4.83. The van der Waals surface area contributed by atoms with Gasteiger partial charge in [-0.2, -0.15) is 0 Å². The van der Waals surface area contributed by atoms with E-state index in [1.165, 1.54) is 20.9 Å². The zero-order valence-corrected chi connectivity index (χ0v) is 9.90. The van der Waals surface area contributed by atoms with Gasteiger partial charge in [0.1, 0.15) is 5.54 Å². The van der Waals surface area contributed by atoms with E-state index in [9.17, 15) is 9.59 Å². The van der Waals surface area contributed by atoms with Gasteiger partial charge in [-0.3, -0.25) is 4.90 Å². The van der Waals surface area contributed by atoms with Crippen molar-refractivity contribution >= 4 is 12.1 Å². The van der Waals surface area contributed by atoms with Crippen LogP contribution in [0.1, 0.15) is 27.7 Å². The molecule has 0 aromatic heterocycles. The van der Waals surface area contributed by atoms with Crippen molar-refractivity contribution in [3.8, 4) is 0 Å². The summed E-state index contributed by atoms with van der Waals surface area (Å²) in [5, 5.41) is 8.89. The Kier molecular flexibility index (Phi) is 4.58. The Morgan fingerprint density at radius 1 is 1.40 bits per heavy atom. The molecule has 0 radical (unpaired) electrons. The third kappa shape index (κ3) is 3.77. The number of ether oxygens (including phenoxy) is 1. The summed E-state index contributed by atoms with van der Waals surface area (Å²) in [4.78, 5) is 23.4. The van der Waals surface area contributed by atoms with Gasteiger partial charge < -0.3 is 9.84 Å². The Hall–Kier alpha value is -1.26. The largest absolute Gasteiger partial charge is 0.480 e. The molecule has 1 amide bonds. The minimum absolute atomic E-state index is 0.232. The molecule has 0 unspecified atom stereocenters. The van der Waals surface area contributed by atoms with E-state index in [-0.39, 0.29) is 5.92 Å². The average molecular weight is 217 g/mol.